The number of rotatable bonds is 9. The van der Waals surface area contributed by atoms with Gasteiger partial charge in [-0.25, -0.2) is 0 Å². The van der Waals surface area contributed by atoms with Crippen LogP contribution >= 0.6 is 0 Å². The molecule has 1 aliphatic heterocycles. The van der Waals surface area contributed by atoms with Gasteiger partial charge in [0.1, 0.15) is 35.4 Å². The SMILES string of the molecule is COc1ccc(C(OC[C@H]2O[C@](O)(CO)[C@@H](O)[C@@H]2O)(c2ccccc2)c2ccc(OC)cc2)cc1. The summed E-state index contributed by atoms with van der Waals surface area (Å²) < 4.78 is 22.7. The van der Waals surface area contributed by atoms with Crippen molar-refractivity contribution >= 4 is 0 Å². The maximum Gasteiger partial charge on any atom is 0.219 e. The topological polar surface area (TPSA) is 118 Å². The van der Waals surface area contributed by atoms with Crippen LogP contribution in [0.15, 0.2) is 78.9 Å². The van der Waals surface area contributed by atoms with Gasteiger partial charge in [0.15, 0.2) is 0 Å². The van der Waals surface area contributed by atoms with Gasteiger partial charge in [-0.15, -0.1) is 0 Å². The van der Waals surface area contributed by atoms with Gasteiger partial charge >= 0.3 is 0 Å². The molecule has 1 heterocycles. The minimum atomic E-state index is -2.27. The zero-order chi connectivity index (χ0) is 25.1. The summed E-state index contributed by atoms with van der Waals surface area (Å²) in [6.07, 6.45) is -4.25. The molecule has 0 bridgehead atoms. The van der Waals surface area contributed by atoms with Crippen molar-refractivity contribution < 1.29 is 39.4 Å². The molecule has 4 N–H and O–H groups in total. The molecule has 186 valence electrons. The summed E-state index contributed by atoms with van der Waals surface area (Å²) in [7, 11) is 3.18. The normalized spacial score (nSPS) is 24.3. The van der Waals surface area contributed by atoms with Crippen LogP contribution in [-0.2, 0) is 15.1 Å². The third-order valence-electron chi connectivity index (χ3n) is 6.39. The monoisotopic (exact) mass is 482 g/mol. The number of benzene rings is 3. The first-order valence-corrected chi connectivity index (χ1v) is 11.2. The second kappa shape index (κ2) is 10.3. The number of aliphatic hydroxyl groups is 4. The molecule has 3 aromatic rings. The molecule has 8 nitrogen and oxygen atoms in total. The van der Waals surface area contributed by atoms with Crippen LogP contribution in [0.4, 0.5) is 0 Å². The lowest BCUT2D eigenvalue weighted by atomic mass is 9.80. The lowest BCUT2D eigenvalue weighted by Crippen LogP contribution is -2.46. The van der Waals surface area contributed by atoms with Crippen LogP contribution in [0.2, 0.25) is 0 Å². The van der Waals surface area contributed by atoms with Gasteiger partial charge in [0.25, 0.3) is 0 Å². The first-order chi connectivity index (χ1) is 16.9. The Hall–Kier alpha value is -2.98. The molecule has 0 amide bonds. The lowest BCUT2D eigenvalue weighted by Gasteiger charge is -2.37. The van der Waals surface area contributed by atoms with E-state index in [1.807, 2.05) is 78.9 Å². The fourth-order valence-corrected chi connectivity index (χ4v) is 4.42. The first kappa shape index (κ1) is 25.1. The average molecular weight is 483 g/mol. The van der Waals surface area contributed by atoms with Gasteiger partial charge in [-0.3, -0.25) is 0 Å². The first-order valence-electron chi connectivity index (χ1n) is 11.2. The van der Waals surface area contributed by atoms with Gasteiger partial charge in [0.05, 0.1) is 27.4 Å². The third-order valence-corrected chi connectivity index (χ3v) is 6.39. The van der Waals surface area contributed by atoms with Gasteiger partial charge < -0.3 is 39.4 Å². The Morgan fingerprint density at radius 2 is 1.29 bits per heavy atom. The van der Waals surface area contributed by atoms with E-state index in [-0.39, 0.29) is 6.61 Å². The van der Waals surface area contributed by atoms with E-state index in [0.717, 1.165) is 16.7 Å². The summed E-state index contributed by atoms with van der Waals surface area (Å²) in [5.41, 5.74) is 1.20. The summed E-state index contributed by atoms with van der Waals surface area (Å²) in [4.78, 5) is 0. The fraction of sp³-hybridized carbons (Fsp3) is 0.333. The molecule has 1 saturated heterocycles. The highest BCUT2D eigenvalue weighted by Gasteiger charge is 2.54. The number of hydrogen-bond donors (Lipinski definition) is 4. The highest BCUT2D eigenvalue weighted by molar-refractivity contribution is 5.49. The molecule has 0 spiro atoms. The third kappa shape index (κ3) is 4.64. The lowest BCUT2D eigenvalue weighted by molar-refractivity contribution is -0.251. The van der Waals surface area contributed by atoms with E-state index in [9.17, 15) is 20.4 Å². The number of aliphatic hydroxyl groups excluding tert-OH is 3. The van der Waals surface area contributed by atoms with Crippen molar-refractivity contribution in [3.63, 3.8) is 0 Å². The number of methoxy groups -OCH3 is 2. The van der Waals surface area contributed by atoms with Crippen molar-refractivity contribution in [1.29, 1.82) is 0 Å². The van der Waals surface area contributed by atoms with Gasteiger partial charge in [-0.1, -0.05) is 54.6 Å². The van der Waals surface area contributed by atoms with Crippen molar-refractivity contribution in [3.8, 4) is 11.5 Å². The number of hydrogen-bond acceptors (Lipinski definition) is 8. The molecule has 1 aliphatic rings. The fourth-order valence-electron chi connectivity index (χ4n) is 4.42. The van der Waals surface area contributed by atoms with Gasteiger partial charge in [0, 0.05) is 0 Å². The molecule has 4 atom stereocenters. The average Bonchev–Trinajstić information content (AvgIpc) is 3.14. The highest BCUT2D eigenvalue weighted by atomic mass is 16.7. The molecule has 0 radical (unpaired) electrons. The van der Waals surface area contributed by atoms with E-state index in [1.54, 1.807) is 14.2 Å². The van der Waals surface area contributed by atoms with E-state index >= 15 is 0 Å². The number of ether oxygens (including phenoxy) is 4. The Kier molecular flexibility index (Phi) is 7.42. The summed E-state index contributed by atoms with van der Waals surface area (Å²) in [5.74, 6) is -0.921. The summed E-state index contributed by atoms with van der Waals surface area (Å²) in [6.45, 7) is -1.07. The second-order valence-electron chi connectivity index (χ2n) is 8.41. The molecule has 8 heteroatoms. The minimum Gasteiger partial charge on any atom is -0.497 e. The largest absolute Gasteiger partial charge is 0.497 e. The Labute approximate surface area is 203 Å². The van der Waals surface area contributed by atoms with Crippen molar-refractivity contribution in [2.24, 2.45) is 0 Å². The Morgan fingerprint density at radius 3 is 1.71 bits per heavy atom. The van der Waals surface area contributed by atoms with Crippen molar-refractivity contribution in [3.05, 3.63) is 95.6 Å². The smallest absolute Gasteiger partial charge is 0.219 e. The molecule has 0 aromatic heterocycles. The molecule has 4 rings (SSSR count). The van der Waals surface area contributed by atoms with Crippen molar-refractivity contribution in [2.75, 3.05) is 27.4 Å². The van der Waals surface area contributed by atoms with E-state index < -0.39 is 36.3 Å². The zero-order valence-electron chi connectivity index (χ0n) is 19.6. The summed E-state index contributed by atoms with van der Waals surface area (Å²) in [5, 5.41) is 40.5. The van der Waals surface area contributed by atoms with Crippen LogP contribution in [0.5, 0.6) is 11.5 Å². The summed E-state index contributed by atoms with van der Waals surface area (Å²) >= 11 is 0. The molecule has 1 fully saturated rings. The van der Waals surface area contributed by atoms with Crippen LogP contribution in [-0.4, -0.2) is 72.0 Å². The Morgan fingerprint density at radius 1 is 0.800 bits per heavy atom. The zero-order valence-corrected chi connectivity index (χ0v) is 19.6. The standard InChI is InChI=1S/C27H30O8/c1-32-21-12-8-19(9-13-21)27(18-6-4-3-5-7-18,20-10-14-22(33-2)15-11-20)34-16-23-24(29)25(30)26(31,17-28)35-23/h3-15,23-25,28-31H,16-17H2,1-2H3/t23-,24-,25+,26-/m1/s1. The molecule has 0 saturated carbocycles. The quantitative estimate of drug-likeness (QED) is 0.341. The Balaban J connectivity index is 1.82. The van der Waals surface area contributed by atoms with E-state index in [1.165, 1.54) is 0 Å². The minimum absolute atomic E-state index is 0.201. The molecule has 0 unspecified atom stereocenters. The second-order valence-corrected chi connectivity index (χ2v) is 8.41. The van der Waals surface area contributed by atoms with Crippen molar-refractivity contribution in [2.45, 2.75) is 29.7 Å². The van der Waals surface area contributed by atoms with Gasteiger partial charge in [-0.2, -0.15) is 0 Å². The van der Waals surface area contributed by atoms with Crippen LogP contribution in [0.3, 0.4) is 0 Å². The van der Waals surface area contributed by atoms with Crippen molar-refractivity contribution in [1.82, 2.24) is 0 Å². The van der Waals surface area contributed by atoms with Crippen LogP contribution in [0, 0.1) is 0 Å². The Bertz CT molecular complexity index is 1040. The van der Waals surface area contributed by atoms with Crippen LogP contribution in [0.25, 0.3) is 0 Å². The predicted molar refractivity (Wildman–Crippen MR) is 127 cm³/mol. The highest BCUT2D eigenvalue weighted by Crippen LogP contribution is 2.42. The molecular formula is C27H30O8. The molecule has 35 heavy (non-hydrogen) atoms. The molecule has 3 aromatic carbocycles. The van der Waals surface area contributed by atoms with Gasteiger partial charge in [0.2, 0.25) is 5.79 Å². The molecular weight excluding hydrogens is 452 g/mol. The van der Waals surface area contributed by atoms with E-state index in [2.05, 4.69) is 0 Å². The van der Waals surface area contributed by atoms with Crippen LogP contribution in [0.1, 0.15) is 16.7 Å². The molecule has 0 aliphatic carbocycles. The van der Waals surface area contributed by atoms with E-state index in [0.29, 0.717) is 11.5 Å². The predicted octanol–water partition coefficient (Wildman–Crippen LogP) is 1.81. The van der Waals surface area contributed by atoms with Crippen LogP contribution < -0.4 is 9.47 Å². The maximum absolute atomic E-state index is 10.5. The summed E-state index contributed by atoms with van der Waals surface area (Å²) in [6, 6.07) is 24.4. The maximum atomic E-state index is 10.5. The van der Waals surface area contributed by atoms with E-state index in [4.69, 9.17) is 18.9 Å². The van der Waals surface area contributed by atoms with Gasteiger partial charge in [-0.05, 0) is 41.0 Å².